The smallest absolute Gasteiger partial charge is 0.472 e. The lowest BCUT2D eigenvalue weighted by molar-refractivity contribution is -0.161. The summed E-state index contributed by atoms with van der Waals surface area (Å²) >= 11 is 0. The molecule has 0 bridgehead atoms. The lowest BCUT2D eigenvalue weighted by Crippen LogP contribution is -2.37. The second-order valence-corrected chi connectivity index (χ2v) is 15.5. The van der Waals surface area contributed by atoms with E-state index in [0.29, 0.717) is 12.8 Å². The van der Waals surface area contributed by atoms with Gasteiger partial charge in [-0.3, -0.25) is 23.4 Å². The zero-order valence-electron chi connectivity index (χ0n) is 32.7. The normalized spacial score (nSPS) is 13.8. The van der Waals surface area contributed by atoms with E-state index >= 15 is 0 Å². The molecule has 0 aromatic heterocycles. The van der Waals surface area contributed by atoms with Gasteiger partial charge in [0.05, 0.1) is 13.2 Å². The summed E-state index contributed by atoms with van der Waals surface area (Å²) in [7, 11) is -3.29. The molecule has 0 rings (SSSR count). The fourth-order valence-corrected chi connectivity index (χ4v) is 6.62. The molecule has 0 aliphatic rings. The third kappa shape index (κ3) is 34.0. The van der Waals surface area contributed by atoms with E-state index in [9.17, 15) is 23.8 Å². The van der Waals surface area contributed by atoms with Crippen molar-refractivity contribution in [2.24, 2.45) is 0 Å². The predicted octanol–water partition coefficient (Wildman–Crippen LogP) is 10.2. The molecule has 0 amide bonds. The van der Waals surface area contributed by atoms with Gasteiger partial charge in [-0.15, -0.1) is 0 Å². The highest BCUT2D eigenvalue weighted by Gasteiger charge is 2.28. The van der Waals surface area contributed by atoms with Crippen LogP contribution in [-0.4, -0.2) is 66.9 Å². The molecule has 0 saturated heterocycles. The third-order valence-corrected chi connectivity index (χ3v) is 10.1. The van der Waals surface area contributed by atoms with E-state index in [1.165, 1.54) is 123 Å². The maximum atomic E-state index is 12.6. The molecule has 1 unspecified atom stereocenters. The Morgan fingerprint density at radius 3 is 1.27 bits per heavy atom. The number of hydrogen-bond donors (Lipinski definition) is 3. The van der Waals surface area contributed by atoms with Crippen molar-refractivity contribution in [2.45, 2.75) is 206 Å². The Morgan fingerprint density at radius 2 is 0.902 bits per heavy atom. The highest BCUT2D eigenvalue weighted by Crippen LogP contribution is 2.43. The number of aliphatic carboxylic acids is 1. The van der Waals surface area contributed by atoms with Gasteiger partial charge in [0.1, 0.15) is 12.6 Å². The third-order valence-electron chi connectivity index (χ3n) is 9.17. The number of carbonyl (C=O) groups is 3. The van der Waals surface area contributed by atoms with Crippen LogP contribution < -0.4 is 5.32 Å². The van der Waals surface area contributed by atoms with Crippen LogP contribution in [0.2, 0.25) is 0 Å². The average molecular weight is 750 g/mol. The Hall–Kier alpha value is -1.52. The van der Waals surface area contributed by atoms with E-state index < -0.39 is 51.1 Å². The summed E-state index contributed by atoms with van der Waals surface area (Å²) in [5, 5.41) is 11.6. The summed E-state index contributed by atoms with van der Waals surface area (Å²) in [6.07, 6.45) is 30.3. The Labute approximate surface area is 310 Å². The summed E-state index contributed by atoms with van der Waals surface area (Å²) in [5.41, 5.74) is 0. The van der Waals surface area contributed by atoms with Crippen LogP contribution in [0, 0.1) is 0 Å². The topological polar surface area (TPSA) is 158 Å². The van der Waals surface area contributed by atoms with Crippen molar-refractivity contribution in [2.75, 3.05) is 26.9 Å². The standard InChI is InChI=1S/C39H76NO10P/c1-4-6-8-10-12-14-16-18-20-22-24-26-28-30-37(41)47-32-35(33-48-51(45,46)49-34-36(40-3)39(43)44)50-38(42)31-29-27-25-23-21-19-17-15-13-11-9-7-5-2/h35-36,40H,4-34H2,1-3H3,(H,43,44)(H,45,46)/t35-,36+/m1/s1. The number of carboxylic acid groups (broad SMARTS) is 1. The summed E-state index contributed by atoms with van der Waals surface area (Å²) in [5.74, 6) is -2.20. The number of unbranched alkanes of at least 4 members (excludes halogenated alkanes) is 24. The van der Waals surface area contributed by atoms with Gasteiger partial charge in [-0.2, -0.15) is 0 Å². The van der Waals surface area contributed by atoms with Gasteiger partial charge in [-0.1, -0.05) is 168 Å². The second kappa shape index (κ2) is 35.5. The zero-order chi connectivity index (χ0) is 37.8. The highest BCUT2D eigenvalue weighted by atomic mass is 31.2. The van der Waals surface area contributed by atoms with Gasteiger partial charge < -0.3 is 24.8 Å². The van der Waals surface area contributed by atoms with Crippen molar-refractivity contribution >= 4 is 25.7 Å². The predicted molar refractivity (Wildman–Crippen MR) is 204 cm³/mol. The van der Waals surface area contributed by atoms with Gasteiger partial charge in [-0.05, 0) is 19.9 Å². The SMILES string of the molecule is CCCCCCCCCCCCCCCC(=O)OC[C@H](COP(=O)(O)OC[C@H](NC)C(=O)O)OC(=O)CCCCCCCCCCCCCCC. The Bertz CT molecular complexity index is 890. The number of phosphoric ester groups is 1. The van der Waals surface area contributed by atoms with Crippen molar-refractivity contribution in [1.29, 1.82) is 0 Å². The first-order valence-corrected chi connectivity index (χ1v) is 22.0. The van der Waals surface area contributed by atoms with E-state index in [-0.39, 0.29) is 19.4 Å². The van der Waals surface area contributed by atoms with E-state index in [0.717, 1.165) is 38.5 Å². The molecule has 0 aliphatic heterocycles. The molecule has 11 nitrogen and oxygen atoms in total. The van der Waals surface area contributed by atoms with E-state index in [1.807, 2.05) is 0 Å². The molecule has 302 valence electrons. The number of hydrogen-bond acceptors (Lipinski definition) is 9. The van der Waals surface area contributed by atoms with Crippen molar-refractivity contribution < 1.29 is 47.5 Å². The minimum atomic E-state index is -4.67. The van der Waals surface area contributed by atoms with E-state index in [4.69, 9.17) is 23.6 Å². The fourth-order valence-electron chi connectivity index (χ4n) is 5.85. The van der Waals surface area contributed by atoms with Crippen LogP contribution in [0.4, 0.5) is 0 Å². The molecule has 0 radical (unpaired) electrons. The Balaban J connectivity index is 4.45. The molecule has 0 fully saturated rings. The first-order valence-electron chi connectivity index (χ1n) is 20.5. The highest BCUT2D eigenvalue weighted by molar-refractivity contribution is 7.47. The molecule has 0 aromatic carbocycles. The summed E-state index contributed by atoms with van der Waals surface area (Å²) in [6, 6.07) is -1.21. The minimum absolute atomic E-state index is 0.177. The number of carboxylic acids is 1. The van der Waals surface area contributed by atoms with Crippen LogP contribution in [0.25, 0.3) is 0 Å². The van der Waals surface area contributed by atoms with Gasteiger partial charge in [-0.25, -0.2) is 4.57 Å². The van der Waals surface area contributed by atoms with Crippen LogP contribution >= 0.6 is 7.82 Å². The van der Waals surface area contributed by atoms with Crippen LogP contribution in [0.5, 0.6) is 0 Å². The van der Waals surface area contributed by atoms with Crippen LogP contribution in [0.15, 0.2) is 0 Å². The maximum absolute atomic E-state index is 12.6. The number of esters is 2. The molecule has 0 heterocycles. The van der Waals surface area contributed by atoms with E-state index in [1.54, 1.807) is 0 Å². The number of carbonyl (C=O) groups excluding carboxylic acids is 2. The lowest BCUT2D eigenvalue weighted by atomic mass is 10.0. The van der Waals surface area contributed by atoms with Gasteiger partial charge in [0.25, 0.3) is 0 Å². The summed E-state index contributed by atoms with van der Waals surface area (Å²) in [4.78, 5) is 46.3. The monoisotopic (exact) mass is 750 g/mol. The minimum Gasteiger partial charge on any atom is -0.480 e. The molecule has 0 saturated carbocycles. The van der Waals surface area contributed by atoms with Crippen molar-refractivity contribution in [1.82, 2.24) is 5.32 Å². The van der Waals surface area contributed by atoms with Crippen molar-refractivity contribution in [3.63, 3.8) is 0 Å². The van der Waals surface area contributed by atoms with Crippen molar-refractivity contribution in [3.8, 4) is 0 Å². The fraction of sp³-hybridized carbons (Fsp3) is 0.923. The number of rotatable bonds is 39. The first-order chi connectivity index (χ1) is 24.6. The van der Waals surface area contributed by atoms with Crippen LogP contribution in [0.3, 0.4) is 0 Å². The Morgan fingerprint density at radius 1 is 0.549 bits per heavy atom. The summed E-state index contributed by atoms with van der Waals surface area (Å²) in [6.45, 7) is 2.98. The van der Waals surface area contributed by atoms with Crippen LogP contribution in [0.1, 0.15) is 194 Å². The van der Waals surface area contributed by atoms with Crippen molar-refractivity contribution in [3.05, 3.63) is 0 Å². The number of phosphoric acid groups is 1. The number of ether oxygens (including phenoxy) is 2. The zero-order valence-corrected chi connectivity index (χ0v) is 33.6. The van der Waals surface area contributed by atoms with Gasteiger partial charge in [0, 0.05) is 12.8 Å². The number of nitrogens with one attached hydrogen (secondary N) is 1. The number of likely N-dealkylation sites (N-methyl/N-ethyl adjacent to an activating group) is 1. The molecule has 0 aliphatic carbocycles. The van der Waals surface area contributed by atoms with Gasteiger partial charge in [0.15, 0.2) is 6.10 Å². The molecule has 0 aromatic rings. The Kier molecular flexibility index (Phi) is 34.4. The summed E-state index contributed by atoms with van der Waals surface area (Å²) < 4.78 is 33.0. The quantitative estimate of drug-likeness (QED) is 0.0312. The van der Waals surface area contributed by atoms with Crippen LogP contribution in [-0.2, 0) is 37.5 Å². The first kappa shape index (κ1) is 49.5. The van der Waals surface area contributed by atoms with Gasteiger partial charge >= 0.3 is 25.7 Å². The van der Waals surface area contributed by atoms with Gasteiger partial charge in [0.2, 0.25) is 0 Å². The molecule has 51 heavy (non-hydrogen) atoms. The molecule has 3 N–H and O–H groups in total. The molecule has 12 heteroatoms. The molecular formula is C39H76NO10P. The second-order valence-electron chi connectivity index (χ2n) is 14.0. The molecule has 3 atom stereocenters. The lowest BCUT2D eigenvalue weighted by Gasteiger charge is -2.20. The molecule has 0 spiro atoms. The van der Waals surface area contributed by atoms with E-state index in [2.05, 4.69) is 19.2 Å². The average Bonchev–Trinajstić information content (AvgIpc) is 3.10. The molecular weight excluding hydrogens is 673 g/mol. The largest absolute Gasteiger partial charge is 0.480 e. The maximum Gasteiger partial charge on any atom is 0.472 e.